The van der Waals surface area contributed by atoms with Crippen LogP contribution in [0.4, 0.5) is 0 Å². The molecule has 0 unspecified atom stereocenters. The topological polar surface area (TPSA) is 34.2 Å². The lowest BCUT2D eigenvalue weighted by molar-refractivity contribution is 0.112. The number of nitrogens with zero attached hydrogens (tertiary/aromatic N) is 2. The van der Waals surface area contributed by atoms with Crippen LogP contribution >= 0.6 is 11.3 Å². The van der Waals surface area contributed by atoms with Crippen molar-refractivity contribution in [2.24, 2.45) is 5.41 Å². The van der Waals surface area contributed by atoms with E-state index in [-0.39, 0.29) is 0 Å². The Labute approximate surface area is 258 Å². The lowest BCUT2D eigenvalue weighted by Gasteiger charge is -2.36. The van der Waals surface area contributed by atoms with Crippen LogP contribution in [-0.2, 0) is 25.8 Å². The molecule has 0 aliphatic carbocycles. The molecule has 0 saturated carbocycles. The van der Waals surface area contributed by atoms with Crippen molar-refractivity contribution >= 4 is 11.3 Å². The summed E-state index contributed by atoms with van der Waals surface area (Å²) in [5, 5.41) is 0. The fourth-order valence-electron chi connectivity index (χ4n) is 6.00. The van der Waals surface area contributed by atoms with E-state index in [0.29, 0.717) is 16.9 Å². The quantitative estimate of drug-likeness (QED) is 0.180. The molecule has 0 spiro atoms. The second kappa shape index (κ2) is 15.3. The number of benzene rings is 2. The van der Waals surface area contributed by atoms with Gasteiger partial charge in [-0.25, -0.2) is 0 Å². The zero-order valence-electron chi connectivity index (χ0n) is 27.1. The van der Waals surface area contributed by atoms with Crippen molar-refractivity contribution in [3.63, 3.8) is 0 Å². The Balaban J connectivity index is 1.21. The van der Waals surface area contributed by atoms with Gasteiger partial charge in [0, 0.05) is 48.0 Å². The van der Waals surface area contributed by atoms with Crippen LogP contribution in [0.3, 0.4) is 0 Å². The van der Waals surface area contributed by atoms with E-state index in [0.717, 1.165) is 50.5 Å². The molecule has 0 N–H and O–H groups in total. The van der Waals surface area contributed by atoms with Crippen LogP contribution in [0.25, 0.3) is 0 Å². The van der Waals surface area contributed by atoms with Gasteiger partial charge in [-0.15, -0.1) is 11.3 Å². The number of hydrogen-bond acceptors (Lipinski definition) is 6. The smallest absolute Gasteiger partial charge is 0.203 e. The minimum absolute atomic E-state index is 0.332. The van der Waals surface area contributed by atoms with Gasteiger partial charge in [-0.1, -0.05) is 49.7 Å². The third-order valence-electron chi connectivity index (χ3n) is 8.83. The first kappa shape index (κ1) is 32.4. The Morgan fingerprint density at radius 1 is 0.738 bits per heavy atom. The maximum Gasteiger partial charge on any atom is 0.203 e. The summed E-state index contributed by atoms with van der Waals surface area (Å²) in [6.45, 7) is 15.7. The summed E-state index contributed by atoms with van der Waals surface area (Å²) in [7, 11) is 5.03. The minimum Gasteiger partial charge on any atom is -0.493 e. The Morgan fingerprint density at radius 2 is 1.43 bits per heavy atom. The Kier molecular flexibility index (Phi) is 11.8. The largest absolute Gasteiger partial charge is 0.493 e. The molecule has 0 amide bonds. The zero-order chi connectivity index (χ0) is 30.1. The molecule has 42 heavy (non-hydrogen) atoms. The van der Waals surface area contributed by atoms with Gasteiger partial charge in [0.2, 0.25) is 5.75 Å². The molecule has 6 heteroatoms. The summed E-state index contributed by atoms with van der Waals surface area (Å²) >= 11 is 2.01. The average Bonchev–Trinajstić information content (AvgIpc) is 3.35. The van der Waals surface area contributed by atoms with E-state index in [1.54, 1.807) is 31.8 Å². The molecule has 4 rings (SSSR count). The van der Waals surface area contributed by atoms with Gasteiger partial charge in [0.25, 0.3) is 0 Å². The molecule has 3 aromatic rings. The molecule has 1 saturated heterocycles. The monoisotopic (exact) mass is 592 g/mol. The molecule has 1 aromatic heterocycles. The maximum atomic E-state index is 5.71. The summed E-state index contributed by atoms with van der Waals surface area (Å²) in [4.78, 5) is 8.23. The van der Waals surface area contributed by atoms with Gasteiger partial charge < -0.3 is 19.1 Å². The van der Waals surface area contributed by atoms with Crippen LogP contribution in [0.5, 0.6) is 17.2 Å². The predicted molar refractivity (Wildman–Crippen MR) is 177 cm³/mol. The van der Waals surface area contributed by atoms with Crippen molar-refractivity contribution < 1.29 is 14.2 Å². The van der Waals surface area contributed by atoms with Crippen molar-refractivity contribution in [2.45, 2.75) is 72.8 Å². The van der Waals surface area contributed by atoms with E-state index < -0.39 is 0 Å². The average molecular weight is 593 g/mol. The van der Waals surface area contributed by atoms with E-state index in [4.69, 9.17) is 14.2 Å². The van der Waals surface area contributed by atoms with Crippen LogP contribution < -0.4 is 14.2 Å². The highest BCUT2D eigenvalue weighted by Gasteiger charge is 2.24. The van der Waals surface area contributed by atoms with Crippen molar-refractivity contribution in [1.29, 1.82) is 0 Å². The molecular formula is C36H52N2O3S. The van der Waals surface area contributed by atoms with Gasteiger partial charge >= 0.3 is 0 Å². The van der Waals surface area contributed by atoms with Crippen LogP contribution in [-0.4, -0.2) is 63.9 Å². The van der Waals surface area contributed by atoms with Gasteiger partial charge in [0.15, 0.2) is 11.5 Å². The highest BCUT2D eigenvalue weighted by molar-refractivity contribution is 7.12. The molecule has 2 heterocycles. The molecule has 5 nitrogen and oxygen atoms in total. The van der Waals surface area contributed by atoms with E-state index in [1.165, 1.54) is 54.7 Å². The summed E-state index contributed by atoms with van der Waals surface area (Å²) in [6.07, 6.45) is 7.26. The zero-order valence-corrected chi connectivity index (χ0v) is 27.9. The number of thiophene rings is 1. The van der Waals surface area contributed by atoms with Crippen LogP contribution in [0.15, 0.2) is 42.5 Å². The first-order valence-corrected chi connectivity index (χ1v) is 16.4. The van der Waals surface area contributed by atoms with E-state index >= 15 is 0 Å². The van der Waals surface area contributed by atoms with Crippen molar-refractivity contribution in [1.82, 2.24) is 9.80 Å². The standard InChI is InChI=1S/C36H52N2O3S/c1-27-11-13-29(14-12-27)9-8-10-33-30(25-28(2)42-33)17-18-36(3,4)19-20-37-21-23-38(24-22-37)26-31-15-16-32(39-5)35(41-7)34(31)40-6/h11-16,25H,8-10,17-24,26H2,1-7H3. The highest BCUT2D eigenvalue weighted by Crippen LogP contribution is 2.40. The van der Waals surface area contributed by atoms with Crippen molar-refractivity contribution in [3.05, 3.63) is 74.5 Å². The fourth-order valence-corrected chi connectivity index (χ4v) is 7.13. The number of ether oxygens (including phenoxy) is 3. The Hall–Kier alpha value is -2.54. The number of aryl methyl sites for hydroxylation is 5. The second-order valence-electron chi connectivity index (χ2n) is 12.7. The Bertz CT molecular complexity index is 1260. The summed E-state index contributed by atoms with van der Waals surface area (Å²) < 4.78 is 16.7. The van der Waals surface area contributed by atoms with Crippen LogP contribution in [0, 0.1) is 19.3 Å². The lowest BCUT2D eigenvalue weighted by Crippen LogP contribution is -2.46. The van der Waals surface area contributed by atoms with Gasteiger partial charge in [0.1, 0.15) is 0 Å². The first-order chi connectivity index (χ1) is 20.2. The summed E-state index contributed by atoms with van der Waals surface area (Å²) in [6, 6.07) is 15.6. The number of hydrogen-bond donors (Lipinski definition) is 0. The molecular weight excluding hydrogens is 540 g/mol. The summed E-state index contributed by atoms with van der Waals surface area (Å²) in [5.74, 6) is 2.15. The molecule has 0 radical (unpaired) electrons. The number of rotatable bonds is 15. The lowest BCUT2D eigenvalue weighted by atomic mass is 9.82. The van der Waals surface area contributed by atoms with Crippen LogP contribution in [0.1, 0.15) is 65.1 Å². The number of piperazine rings is 1. The molecule has 0 atom stereocenters. The van der Waals surface area contributed by atoms with Crippen LogP contribution in [0.2, 0.25) is 0 Å². The minimum atomic E-state index is 0.332. The fraction of sp³-hybridized carbons (Fsp3) is 0.556. The van der Waals surface area contributed by atoms with Gasteiger partial charge in [-0.05, 0) is 87.6 Å². The third-order valence-corrected chi connectivity index (χ3v) is 9.98. The van der Waals surface area contributed by atoms with Gasteiger partial charge in [0.05, 0.1) is 21.3 Å². The first-order valence-electron chi connectivity index (χ1n) is 15.6. The van der Waals surface area contributed by atoms with E-state index in [1.807, 2.05) is 17.4 Å². The van der Waals surface area contributed by atoms with Crippen molar-refractivity contribution in [3.8, 4) is 17.2 Å². The normalized spacial score (nSPS) is 14.7. The van der Waals surface area contributed by atoms with E-state index in [9.17, 15) is 0 Å². The molecule has 1 aliphatic heterocycles. The Morgan fingerprint density at radius 3 is 2.10 bits per heavy atom. The highest BCUT2D eigenvalue weighted by atomic mass is 32.1. The molecule has 1 fully saturated rings. The molecule has 1 aliphatic rings. The molecule has 230 valence electrons. The SMILES string of the molecule is COc1ccc(CN2CCN(CCC(C)(C)CCc3cc(C)sc3CCCc3ccc(C)cc3)CC2)c(OC)c1OC. The van der Waals surface area contributed by atoms with Gasteiger partial charge in [-0.3, -0.25) is 4.90 Å². The van der Waals surface area contributed by atoms with Gasteiger partial charge in [-0.2, -0.15) is 0 Å². The van der Waals surface area contributed by atoms with Crippen molar-refractivity contribution in [2.75, 3.05) is 54.1 Å². The summed E-state index contributed by atoms with van der Waals surface area (Å²) in [5.41, 5.74) is 5.86. The molecule has 0 bridgehead atoms. The predicted octanol–water partition coefficient (Wildman–Crippen LogP) is 7.73. The second-order valence-corrected chi connectivity index (χ2v) is 14.0. The maximum absolute atomic E-state index is 5.71. The number of methoxy groups -OCH3 is 3. The third kappa shape index (κ3) is 8.98. The molecule has 2 aromatic carbocycles. The van der Waals surface area contributed by atoms with E-state index in [2.05, 4.69) is 73.9 Å².